The Hall–Kier alpha value is -1.13. The first-order valence-corrected chi connectivity index (χ1v) is 10.4. The summed E-state index contributed by atoms with van der Waals surface area (Å²) in [5.41, 5.74) is 0. The van der Waals surface area contributed by atoms with Crippen molar-refractivity contribution in [1.29, 1.82) is 0 Å². The van der Waals surface area contributed by atoms with Crippen LogP contribution in [0.3, 0.4) is 0 Å². The van der Waals surface area contributed by atoms with Crippen LogP contribution in [0.15, 0.2) is 24.3 Å². The van der Waals surface area contributed by atoms with E-state index in [4.69, 9.17) is 4.37 Å². The molecule has 0 bridgehead atoms. The van der Waals surface area contributed by atoms with Crippen molar-refractivity contribution in [3.05, 3.63) is 24.3 Å². The molecule has 0 unspecified atom stereocenters. The van der Waals surface area contributed by atoms with E-state index in [9.17, 15) is 0 Å². The Kier molecular flexibility index (Phi) is 5.04. The molecule has 0 N–H and O–H groups in total. The molecular formula is C20H29N3S. The van der Waals surface area contributed by atoms with Crippen LogP contribution in [0.5, 0.6) is 0 Å². The molecule has 1 aromatic carbocycles. The van der Waals surface area contributed by atoms with Crippen LogP contribution in [-0.2, 0) is 0 Å². The van der Waals surface area contributed by atoms with Crippen molar-refractivity contribution < 1.29 is 0 Å². The van der Waals surface area contributed by atoms with Gasteiger partial charge in [0.1, 0.15) is 5.82 Å². The zero-order valence-corrected chi connectivity index (χ0v) is 15.6. The van der Waals surface area contributed by atoms with Crippen LogP contribution in [0.25, 0.3) is 10.1 Å². The Bertz CT molecular complexity index is 660. The predicted molar refractivity (Wildman–Crippen MR) is 104 cm³/mol. The third-order valence-corrected chi connectivity index (χ3v) is 6.93. The summed E-state index contributed by atoms with van der Waals surface area (Å²) >= 11 is 1.63. The maximum atomic E-state index is 4.73. The second-order valence-electron chi connectivity index (χ2n) is 7.50. The van der Waals surface area contributed by atoms with Gasteiger partial charge in [-0.15, -0.1) is 0 Å². The molecule has 2 aliphatic rings. The lowest BCUT2D eigenvalue weighted by molar-refractivity contribution is 0.143. The summed E-state index contributed by atoms with van der Waals surface area (Å²) in [4.78, 5) is 5.21. The molecule has 24 heavy (non-hydrogen) atoms. The summed E-state index contributed by atoms with van der Waals surface area (Å²) in [5.74, 6) is 3.12. The molecule has 2 atom stereocenters. The largest absolute Gasteiger partial charge is 0.353 e. The molecule has 1 aliphatic carbocycles. The summed E-state index contributed by atoms with van der Waals surface area (Å²) in [7, 11) is 0. The minimum atomic E-state index is 0.940. The van der Waals surface area contributed by atoms with Gasteiger partial charge in [-0.2, -0.15) is 4.37 Å². The first-order chi connectivity index (χ1) is 11.8. The number of anilines is 1. The smallest absolute Gasteiger partial charge is 0.150 e. The van der Waals surface area contributed by atoms with E-state index in [1.54, 1.807) is 11.5 Å². The van der Waals surface area contributed by atoms with Crippen molar-refractivity contribution in [1.82, 2.24) is 9.27 Å². The van der Waals surface area contributed by atoms with E-state index in [0.717, 1.165) is 24.9 Å². The second-order valence-corrected chi connectivity index (χ2v) is 8.31. The van der Waals surface area contributed by atoms with Gasteiger partial charge >= 0.3 is 0 Å². The second kappa shape index (κ2) is 7.40. The highest BCUT2D eigenvalue weighted by molar-refractivity contribution is 7.13. The minimum absolute atomic E-state index is 0.940. The molecule has 2 heterocycles. The van der Waals surface area contributed by atoms with E-state index in [2.05, 4.69) is 41.0 Å². The van der Waals surface area contributed by atoms with Crippen molar-refractivity contribution in [3.63, 3.8) is 0 Å². The van der Waals surface area contributed by atoms with Crippen LogP contribution in [0.2, 0.25) is 0 Å². The van der Waals surface area contributed by atoms with Gasteiger partial charge in [-0.1, -0.05) is 44.7 Å². The lowest BCUT2D eigenvalue weighted by Crippen LogP contribution is -2.48. The minimum Gasteiger partial charge on any atom is -0.353 e. The molecule has 0 spiro atoms. The van der Waals surface area contributed by atoms with Gasteiger partial charge < -0.3 is 4.90 Å². The van der Waals surface area contributed by atoms with E-state index < -0.39 is 0 Å². The van der Waals surface area contributed by atoms with Crippen molar-refractivity contribution in [2.75, 3.05) is 37.6 Å². The van der Waals surface area contributed by atoms with Gasteiger partial charge in [0.2, 0.25) is 0 Å². The van der Waals surface area contributed by atoms with E-state index in [-0.39, 0.29) is 0 Å². The van der Waals surface area contributed by atoms with Gasteiger partial charge in [-0.05, 0) is 41.9 Å². The van der Waals surface area contributed by atoms with Crippen LogP contribution in [0.1, 0.15) is 39.0 Å². The zero-order valence-electron chi connectivity index (χ0n) is 14.8. The molecule has 1 saturated carbocycles. The maximum Gasteiger partial charge on any atom is 0.150 e. The Labute approximate surface area is 149 Å². The topological polar surface area (TPSA) is 19.4 Å². The van der Waals surface area contributed by atoms with Crippen molar-refractivity contribution in [2.24, 2.45) is 11.8 Å². The molecule has 3 nitrogen and oxygen atoms in total. The molecular weight excluding hydrogens is 314 g/mol. The number of piperazine rings is 1. The molecule has 2 aromatic rings. The van der Waals surface area contributed by atoms with Crippen molar-refractivity contribution in [2.45, 2.75) is 39.0 Å². The number of benzene rings is 1. The van der Waals surface area contributed by atoms with Gasteiger partial charge in [0.15, 0.2) is 0 Å². The molecule has 1 aromatic heterocycles. The standard InChI is InChI=1S/C20H29N3S/c1-2-16-7-3-4-8-17(16)15-22-11-13-23(14-12-22)20-18-9-5-6-10-19(18)24-21-20/h5-6,9-10,16-17H,2-4,7-8,11-15H2,1H3/t16-,17+/m1/s1. The van der Waals surface area contributed by atoms with E-state index >= 15 is 0 Å². The molecule has 1 aliphatic heterocycles. The zero-order chi connectivity index (χ0) is 16.4. The highest BCUT2D eigenvalue weighted by atomic mass is 32.1. The summed E-state index contributed by atoms with van der Waals surface area (Å²) < 4.78 is 6.04. The van der Waals surface area contributed by atoms with Gasteiger partial charge in [-0.25, -0.2) is 0 Å². The Balaban J connectivity index is 1.36. The third kappa shape index (κ3) is 3.31. The van der Waals surface area contributed by atoms with Crippen LogP contribution in [0, 0.1) is 11.8 Å². The van der Waals surface area contributed by atoms with Crippen LogP contribution in [-0.4, -0.2) is 42.0 Å². The number of fused-ring (bicyclic) bond motifs is 1. The average Bonchev–Trinajstić information content (AvgIpc) is 3.07. The van der Waals surface area contributed by atoms with Crippen LogP contribution < -0.4 is 4.90 Å². The lowest BCUT2D eigenvalue weighted by atomic mass is 9.77. The molecule has 130 valence electrons. The Morgan fingerprint density at radius 3 is 2.58 bits per heavy atom. The summed E-state index contributed by atoms with van der Waals surface area (Å²) in [6.45, 7) is 8.34. The van der Waals surface area contributed by atoms with Crippen LogP contribution in [0.4, 0.5) is 5.82 Å². The number of nitrogens with zero attached hydrogens (tertiary/aromatic N) is 3. The summed E-state index contributed by atoms with van der Waals surface area (Å²) in [6, 6.07) is 8.64. The SMILES string of the molecule is CC[C@@H]1CCCC[C@H]1CN1CCN(c2nsc3ccccc23)CC1. The van der Waals surface area contributed by atoms with Gasteiger partial charge in [0.05, 0.1) is 4.70 Å². The highest BCUT2D eigenvalue weighted by Crippen LogP contribution is 2.34. The number of hydrogen-bond donors (Lipinski definition) is 0. The molecule has 4 heteroatoms. The van der Waals surface area contributed by atoms with Crippen molar-refractivity contribution in [3.8, 4) is 0 Å². The third-order valence-electron chi connectivity index (χ3n) is 6.11. The lowest BCUT2D eigenvalue weighted by Gasteiger charge is -2.39. The van der Waals surface area contributed by atoms with Gasteiger partial charge in [0, 0.05) is 38.1 Å². The van der Waals surface area contributed by atoms with E-state index in [0.29, 0.717) is 0 Å². The van der Waals surface area contributed by atoms with Crippen molar-refractivity contribution >= 4 is 27.4 Å². The number of rotatable bonds is 4. The Morgan fingerprint density at radius 2 is 1.79 bits per heavy atom. The van der Waals surface area contributed by atoms with Crippen LogP contribution >= 0.6 is 11.5 Å². The molecule has 4 rings (SSSR count). The average molecular weight is 344 g/mol. The van der Waals surface area contributed by atoms with E-state index in [1.807, 2.05) is 0 Å². The predicted octanol–water partition coefficient (Wildman–Crippen LogP) is 4.63. The Morgan fingerprint density at radius 1 is 1.04 bits per heavy atom. The molecule has 0 radical (unpaired) electrons. The highest BCUT2D eigenvalue weighted by Gasteiger charge is 2.27. The fraction of sp³-hybridized carbons (Fsp3) is 0.650. The quantitative estimate of drug-likeness (QED) is 0.806. The monoisotopic (exact) mass is 343 g/mol. The molecule has 0 amide bonds. The molecule has 2 fully saturated rings. The number of hydrogen-bond acceptors (Lipinski definition) is 4. The fourth-order valence-electron chi connectivity index (χ4n) is 4.64. The summed E-state index contributed by atoms with van der Waals surface area (Å²) in [6.07, 6.45) is 7.20. The fourth-order valence-corrected chi connectivity index (χ4v) is 5.43. The summed E-state index contributed by atoms with van der Waals surface area (Å²) in [5, 5.41) is 1.33. The first-order valence-electron chi connectivity index (χ1n) is 9.67. The normalized spacial score (nSPS) is 26.1. The number of aromatic nitrogens is 1. The molecule has 1 saturated heterocycles. The van der Waals surface area contributed by atoms with Gasteiger partial charge in [0.25, 0.3) is 0 Å². The van der Waals surface area contributed by atoms with E-state index in [1.165, 1.54) is 67.6 Å². The first kappa shape index (κ1) is 16.3. The van der Waals surface area contributed by atoms with Gasteiger partial charge in [-0.3, -0.25) is 4.90 Å². The maximum absolute atomic E-state index is 4.73.